The standard InChI is InChI=1S/C11H10N2O3/c1-8(14)7-16-11(15)13-10-5-3-2-4-9(10)6-12-13/h2-6H,7H2,1H3. The molecule has 0 fully saturated rings. The van der Waals surface area contributed by atoms with Gasteiger partial charge in [-0.3, -0.25) is 4.79 Å². The highest BCUT2D eigenvalue weighted by atomic mass is 16.6. The van der Waals surface area contributed by atoms with Gasteiger partial charge in [0.15, 0.2) is 12.4 Å². The zero-order chi connectivity index (χ0) is 11.5. The number of aromatic nitrogens is 2. The molecule has 0 aliphatic heterocycles. The van der Waals surface area contributed by atoms with Crippen molar-refractivity contribution in [2.24, 2.45) is 0 Å². The molecule has 0 aliphatic carbocycles. The van der Waals surface area contributed by atoms with E-state index in [2.05, 4.69) is 5.10 Å². The monoisotopic (exact) mass is 218 g/mol. The second-order valence-electron chi connectivity index (χ2n) is 3.37. The van der Waals surface area contributed by atoms with Crippen LogP contribution in [0.3, 0.4) is 0 Å². The number of fused-ring (bicyclic) bond motifs is 1. The Morgan fingerprint density at radius 2 is 2.12 bits per heavy atom. The molecule has 0 unspecified atom stereocenters. The number of hydrogen-bond acceptors (Lipinski definition) is 4. The topological polar surface area (TPSA) is 61.2 Å². The van der Waals surface area contributed by atoms with Crippen molar-refractivity contribution in [3.8, 4) is 0 Å². The van der Waals surface area contributed by atoms with Crippen LogP contribution in [-0.4, -0.2) is 28.3 Å². The van der Waals surface area contributed by atoms with Crippen LogP contribution in [0.25, 0.3) is 10.9 Å². The van der Waals surface area contributed by atoms with E-state index in [4.69, 9.17) is 4.74 Å². The number of carbonyl (C=O) groups is 2. The van der Waals surface area contributed by atoms with Crippen LogP contribution >= 0.6 is 0 Å². The zero-order valence-electron chi connectivity index (χ0n) is 8.71. The molecule has 0 bridgehead atoms. The van der Waals surface area contributed by atoms with Gasteiger partial charge in [-0.15, -0.1) is 0 Å². The summed E-state index contributed by atoms with van der Waals surface area (Å²) in [6.07, 6.45) is 0.932. The molecule has 0 saturated carbocycles. The number of ketones is 1. The molecular weight excluding hydrogens is 208 g/mol. The highest BCUT2D eigenvalue weighted by Gasteiger charge is 2.11. The average Bonchev–Trinajstić information content (AvgIpc) is 2.69. The van der Waals surface area contributed by atoms with Crippen molar-refractivity contribution in [2.75, 3.05) is 6.61 Å². The number of benzene rings is 1. The number of ether oxygens (including phenoxy) is 1. The van der Waals surface area contributed by atoms with E-state index in [1.165, 1.54) is 6.92 Å². The third kappa shape index (κ3) is 1.93. The minimum atomic E-state index is -0.642. The lowest BCUT2D eigenvalue weighted by molar-refractivity contribution is -0.119. The Hall–Kier alpha value is -2.17. The largest absolute Gasteiger partial charge is 0.440 e. The summed E-state index contributed by atoms with van der Waals surface area (Å²) in [4.78, 5) is 22.2. The molecule has 1 aromatic carbocycles. The van der Waals surface area contributed by atoms with E-state index >= 15 is 0 Å². The SMILES string of the molecule is CC(=O)COC(=O)n1ncc2ccccc21. The molecule has 0 saturated heterocycles. The molecule has 0 N–H and O–H groups in total. The lowest BCUT2D eigenvalue weighted by atomic mass is 10.3. The predicted octanol–water partition coefficient (Wildman–Crippen LogP) is 1.61. The summed E-state index contributed by atoms with van der Waals surface area (Å²) < 4.78 is 5.91. The zero-order valence-corrected chi connectivity index (χ0v) is 8.71. The summed E-state index contributed by atoms with van der Waals surface area (Å²) in [5.74, 6) is -0.204. The fraction of sp³-hybridized carbons (Fsp3) is 0.182. The maximum Gasteiger partial charge on any atom is 0.435 e. The first kappa shape index (κ1) is 10.4. The summed E-state index contributed by atoms with van der Waals surface area (Å²) >= 11 is 0. The van der Waals surface area contributed by atoms with E-state index in [1.807, 2.05) is 12.1 Å². The van der Waals surface area contributed by atoms with E-state index in [1.54, 1.807) is 18.3 Å². The van der Waals surface area contributed by atoms with Crippen LogP contribution < -0.4 is 0 Å². The van der Waals surface area contributed by atoms with Crippen LogP contribution in [0.2, 0.25) is 0 Å². The van der Waals surface area contributed by atoms with Gasteiger partial charge in [-0.1, -0.05) is 18.2 Å². The average molecular weight is 218 g/mol. The lowest BCUT2D eigenvalue weighted by Crippen LogP contribution is -2.18. The van der Waals surface area contributed by atoms with E-state index in [9.17, 15) is 9.59 Å². The number of rotatable bonds is 2. The third-order valence-corrected chi connectivity index (χ3v) is 2.05. The molecular formula is C11H10N2O3. The molecule has 0 aliphatic rings. The van der Waals surface area contributed by atoms with Gasteiger partial charge >= 0.3 is 6.09 Å². The third-order valence-electron chi connectivity index (χ3n) is 2.05. The van der Waals surface area contributed by atoms with E-state index in [0.717, 1.165) is 10.1 Å². The van der Waals surface area contributed by atoms with Crippen molar-refractivity contribution in [2.45, 2.75) is 6.92 Å². The molecule has 16 heavy (non-hydrogen) atoms. The number of Topliss-reactive ketones (excluding diaryl/α,β-unsaturated/α-hetero) is 1. The second-order valence-corrected chi connectivity index (χ2v) is 3.37. The smallest absolute Gasteiger partial charge is 0.435 e. The van der Waals surface area contributed by atoms with E-state index in [0.29, 0.717) is 5.52 Å². The summed E-state index contributed by atoms with van der Waals surface area (Å²) in [7, 11) is 0. The van der Waals surface area contributed by atoms with Gasteiger partial charge in [0.2, 0.25) is 0 Å². The Kier molecular flexibility index (Phi) is 2.68. The molecule has 1 heterocycles. The van der Waals surface area contributed by atoms with Crippen molar-refractivity contribution in [3.63, 3.8) is 0 Å². The summed E-state index contributed by atoms with van der Waals surface area (Å²) in [6, 6.07) is 7.27. The van der Waals surface area contributed by atoms with Crippen molar-refractivity contribution in [3.05, 3.63) is 30.5 Å². The van der Waals surface area contributed by atoms with Crippen molar-refractivity contribution in [1.29, 1.82) is 0 Å². The minimum Gasteiger partial charge on any atom is -0.440 e. The lowest BCUT2D eigenvalue weighted by Gasteiger charge is -2.02. The van der Waals surface area contributed by atoms with Crippen LogP contribution in [0.1, 0.15) is 6.92 Å². The number of carbonyl (C=O) groups excluding carboxylic acids is 2. The van der Waals surface area contributed by atoms with Gasteiger partial charge < -0.3 is 4.74 Å². The van der Waals surface area contributed by atoms with Crippen LogP contribution in [0.4, 0.5) is 4.79 Å². The Balaban J connectivity index is 2.26. The normalized spacial score (nSPS) is 10.3. The van der Waals surface area contributed by atoms with Gasteiger partial charge in [0, 0.05) is 5.39 Å². The predicted molar refractivity (Wildman–Crippen MR) is 57.2 cm³/mol. The minimum absolute atomic E-state index is 0.204. The molecule has 2 aromatic rings. The number of hydrogen-bond donors (Lipinski definition) is 0. The molecule has 5 heteroatoms. The van der Waals surface area contributed by atoms with Crippen molar-refractivity contribution >= 4 is 22.8 Å². The molecule has 0 spiro atoms. The van der Waals surface area contributed by atoms with Gasteiger partial charge in [0.25, 0.3) is 0 Å². The molecule has 0 radical (unpaired) electrons. The molecule has 0 amide bonds. The fourth-order valence-corrected chi connectivity index (χ4v) is 1.34. The van der Waals surface area contributed by atoms with Crippen LogP contribution in [0, 0.1) is 0 Å². The van der Waals surface area contributed by atoms with E-state index in [-0.39, 0.29) is 12.4 Å². The van der Waals surface area contributed by atoms with Crippen molar-refractivity contribution in [1.82, 2.24) is 9.78 Å². The maximum atomic E-state index is 11.6. The first-order valence-electron chi connectivity index (χ1n) is 4.78. The fourth-order valence-electron chi connectivity index (χ4n) is 1.34. The van der Waals surface area contributed by atoms with Gasteiger partial charge in [-0.25, -0.2) is 4.79 Å². The van der Waals surface area contributed by atoms with Gasteiger partial charge in [0.1, 0.15) is 0 Å². The van der Waals surface area contributed by atoms with Gasteiger partial charge in [-0.05, 0) is 13.0 Å². The molecule has 2 rings (SSSR count). The quantitative estimate of drug-likeness (QED) is 0.768. The Morgan fingerprint density at radius 3 is 2.88 bits per heavy atom. The molecule has 5 nitrogen and oxygen atoms in total. The molecule has 0 atom stereocenters. The second kappa shape index (κ2) is 4.14. The summed E-state index contributed by atoms with van der Waals surface area (Å²) in [5.41, 5.74) is 0.663. The number of nitrogens with zero attached hydrogens (tertiary/aromatic N) is 2. The Morgan fingerprint density at radius 1 is 1.38 bits per heavy atom. The number of para-hydroxylation sites is 1. The summed E-state index contributed by atoms with van der Waals surface area (Å²) in [6.45, 7) is 1.13. The van der Waals surface area contributed by atoms with E-state index < -0.39 is 6.09 Å². The van der Waals surface area contributed by atoms with Crippen LogP contribution in [-0.2, 0) is 9.53 Å². The molecule has 82 valence electrons. The first-order valence-corrected chi connectivity index (χ1v) is 4.78. The highest BCUT2D eigenvalue weighted by Crippen LogP contribution is 2.12. The molecule has 1 aromatic heterocycles. The van der Waals surface area contributed by atoms with Gasteiger partial charge in [-0.2, -0.15) is 9.78 Å². The summed E-state index contributed by atoms with van der Waals surface area (Å²) in [5, 5.41) is 4.75. The first-order chi connectivity index (χ1) is 7.68. The van der Waals surface area contributed by atoms with Crippen LogP contribution in [0.5, 0.6) is 0 Å². The Bertz CT molecular complexity index is 545. The maximum absolute atomic E-state index is 11.6. The highest BCUT2D eigenvalue weighted by molar-refractivity contribution is 5.88. The van der Waals surface area contributed by atoms with Crippen molar-refractivity contribution < 1.29 is 14.3 Å². The Labute approximate surface area is 91.6 Å². The van der Waals surface area contributed by atoms with Gasteiger partial charge in [0.05, 0.1) is 11.7 Å². The van der Waals surface area contributed by atoms with Crippen LogP contribution in [0.15, 0.2) is 30.5 Å².